The third kappa shape index (κ3) is 3.66. The fourth-order valence-electron chi connectivity index (χ4n) is 2.30. The molecule has 0 bridgehead atoms. The molecular formula is C16H26. The lowest BCUT2D eigenvalue weighted by molar-refractivity contribution is 0.408. The number of rotatable bonds is 5. The minimum atomic E-state index is 0.714. The zero-order valence-electron chi connectivity index (χ0n) is 11.5. The van der Waals surface area contributed by atoms with Gasteiger partial charge in [-0.2, -0.15) is 0 Å². The summed E-state index contributed by atoms with van der Waals surface area (Å²) in [6.45, 7) is 11.5. The molecule has 0 spiro atoms. The molecule has 0 saturated heterocycles. The molecule has 90 valence electrons. The molecule has 0 heterocycles. The van der Waals surface area contributed by atoms with Crippen LogP contribution in [0.2, 0.25) is 0 Å². The predicted molar refractivity (Wildman–Crippen MR) is 72.9 cm³/mol. The highest BCUT2D eigenvalue weighted by atomic mass is 14.2. The van der Waals surface area contributed by atoms with Crippen molar-refractivity contribution in [3.8, 4) is 0 Å². The first kappa shape index (κ1) is 13.3. The molecule has 0 N–H and O–H groups in total. The molecule has 1 aromatic rings. The van der Waals surface area contributed by atoms with Gasteiger partial charge in [0.1, 0.15) is 0 Å². The van der Waals surface area contributed by atoms with Gasteiger partial charge >= 0.3 is 0 Å². The van der Waals surface area contributed by atoms with Gasteiger partial charge in [-0.15, -0.1) is 0 Å². The lowest BCUT2D eigenvalue weighted by Gasteiger charge is -2.23. The summed E-state index contributed by atoms with van der Waals surface area (Å²) in [6, 6.07) is 9.22. The molecule has 0 aromatic heterocycles. The minimum Gasteiger partial charge on any atom is -0.0628 e. The SMILES string of the molecule is CCc1ccc(C(CC(C)C)C(C)C)cc1. The Balaban J connectivity index is 2.84. The summed E-state index contributed by atoms with van der Waals surface area (Å²) in [6.07, 6.45) is 2.43. The molecule has 0 aliphatic carbocycles. The lowest BCUT2D eigenvalue weighted by atomic mass is 9.82. The van der Waals surface area contributed by atoms with E-state index < -0.39 is 0 Å². The highest BCUT2D eigenvalue weighted by molar-refractivity contribution is 5.25. The summed E-state index contributed by atoms with van der Waals surface area (Å²) in [4.78, 5) is 0. The molecule has 0 nitrogen and oxygen atoms in total. The highest BCUT2D eigenvalue weighted by Crippen LogP contribution is 2.31. The van der Waals surface area contributed by atoms with Crippen LogP contribution in [0.3, 0.4) is 0 Å². The fraction of sp³-hybridized carbons (Fsp3) is 0.625. The Hall–Kier alpha value is -0.780. The van der Waals surface area contributed by atoms with Crippen molar-refractivity contribution in [2.24, 2.45) is 11.8 Å². The summed E-state index contributed by atoms with van der Waals surface area (Å²) >= 11 is 0. The average Bonchev–Trinajstić information content (AvgIpc) is 2.25. The maximum Gasteiger partial charge on any atom is -0.0136 e. The van der Waals surface area contributed by atoms with Crippen LogP contribution in [0.25, 0.3) is 0 Å². The number of benzene rings is 1. The van der Waals surface area contributed by atoms with Crippen LogP contribution in [0.5, 0.6) is 0 Å². The van der Waals surface area contributed by atoms with Gasteiger partial charge in [0.2, 0.25) is 0 Å². The molecule has 0 radical (unpaired) electrons. The van der Waals surface area contributed by atoms with Crippen molar-refractivity contribution in [3.05, 3.63) is 35.4 Å². The van der Waals surface area contributed by atoms with Crippen LogP contribution >= 0.6 is 0 Å². The standard InChI is InChI=1S/C16H26/c1-6-14-7-9-15(10-8-14)16(13(4)5)11-12(2)3/h7-10,12-13,16H,6,11H2,1-5H3. The summed E-state index contributed by atoms with van der Waals surface area (Å²) in [7, 11) is 0. The van der Waals surface area contributed by atoms with E-state index in [1.807, 2.05) is 0 Å². The number of hydrogen-bond donors (Lipinski definition) is 0. The van der Waals surface area contributed by atoms with Gasteiger partial charge in [0, 0.05) is 0 Å². The summed E-state index contributed by atoms with van der Waals surface area (Å²) in [5.74, 6) is 2.22. The summed E-state index contributed by atoms with van der Waals surface area (Å²) in [5, 5.41) is 0. The van der Waals surface area contributed by atoms with Crippen LogP contribution in [0.15, 0.2) is 24.3 Å². The van der Waals surface area contributed by atoms with Crippen LogP contribution in [-0.2, 0) is 6.42 Å². The molecule has 1 unspecified atom stereocenters. The minimum absolute atomic E-state index is 0.714. The van der Waals surface area contributed by atoms with Gasteiger partial charge in [0.25, 0.3) is 0 Å². The molecular weight excluding hydrogens is 192 g/mol. The van der Waals surface area contributed by atoms with Crippen LogP contribution < -0.4 is 0 Å². The third-order valence-corrected chi connectivity index (χ3v) is 3.35. The molecule has 1 aromatic carbocycles. The van der Waals surface area contributed by atoms with Crippen molar-refractivity contribution in [1.82, 2.24) is 0 Å². The molecule has 1 atom stereocenters. The highest BCUT2D eigenvalue weighted by Gasteiger charge is 2.16. The normalized spacial score (nSPS) is 13.4. The Morgan fingerprint density at radius 2 is 1.50 bits per heavy atom. The van der Waals surface area contributed by atoms with Gasteiger partial charge in [-0.1, -0.05) is 58.9 Å². The summed E-state index contributed by atoms with van der Waals surface area (Å²) in [5.41, 5.74) is 2.96. The third-order valence-electron chi connectivity index (χ3n) is 3.35. The van der Waals surface area contributed by atoms with Crippen LogP contribution in [0.4, 0.5) is 0 Å². The molecule has 0 amide bonds. The molecule has 0 aliphatic rings. The Labute approximate surface area is 101 Å². The predicted octanol–water partition coefficient (Wildman–Crippen LogP) is 5.03. The van der Waals surface area contributed by atoms with Gasteiger partial charge in [-0.3, -0.25) is 0 Å². The van der Waals surface area contributed by atoms with Crippen molar-refractivity contribution >= 4 is 0 Å². The molecule has 16 heavy (non-hydrogen) atoms. The zero-order chi connectivity index (χ0) is 12.1. The second-order valence-corrected chi connectivity index (χ2v) is 5.58. The van der Waals surface area contributed by atoms with E-state index >= 15 is 0 Å². The van der Waals surface area contributed by atoms with Crippen molar-refractivity contribution < 1.29 is 0 Å². The molecule has 1 rings (SSSR count). The monoisotopic (exact) mass is 218 g/mol. The number of hydrogen-bond acceptors (Lipinski definition) is 0. The largest absolute Gasteiger partial charge is 0.0628 e. The second-order valence-electron chi connectivity index (χ2n) is 5.58. The topological polar surface area (TPSA) is 0 Å². The second kappa shape index (κ2) is 6.08. The van der Waals surface area contributed by atoms with Crippen molar-refractivity contribution in [2.75, 3.05) is 0 Å². The Kier molecular flexibility index (Phi) is 5.05. The van der Waals surface area contributed by atoms with E-state index in [0.717, 1.165) is 18.3 Å². The van der Waals surface area contributed by atoms with Crippen molar-refractivity contribution in [2.45, 2.75) is 53.4 Å². The van der Waals surface area contributed by atoms with E-state index in [1.54, 1.807) is 0 Å². The van der Waals surface area contributed by atoms with Crippen molar-refractivity contribution in [3.63, 3.8) is 0 Å². The Morgan fingerprint density at radius 3 is 1.88 bits per heavy atom. The Bertz CT molecular complexity index is 292. The number of aryl methyl sites for hydroxylation is 1. The van der Waals surface area contributed by atoms with E-state index in [-0.39, 0.29) is 0 Å². The quantitative estimate of drug-likeness (QED) is 0.650. The van der Waals surface area contributed by atoms with Gasteiger partial charge in [-0.05, 0) is 41.7 Å². The first-order valence-corrected chi connectivity index (χ1v) is 6.63. The fourth-order valence-corrected chi connectivity index (χ4v) is 2.30. The maximum absolute atomic E-state index is 2.33. The van der Waals surface area contributed by atoms with Crippen molar-refractivity contribution in [1.29, 1.82) is 0 Å². The lowest BCUT2D eigenvalue weighted by Crippen LogP contribution is -2.09. The van der Waals surface area contributed by atoms with Gasteiger partial charge in [-0.25, -0.2) is 0 Å². The average molecular weight is 218 g/mol. The van der Waals surface area contributed by atoms with Crippen LogP contribution in [-0.4, -0.2) is 0 Å². The van der Waals surface area contributed by atoms with E-state index in [4.69, 9.17) is 0 Å². The van der Waals surface area contributed by atoms with E-state index in [9.17, 15) is 0 Å². The molecule has 0 heteroatoms. The van der Waals surface area contributed by atoms with E-state index in [2.05, 4.69) is 58.9 Å². The van der Waals surface area contributed by atoms with Crippen LogP contribution in [0.1, 0.15) is 58.1 Å². The molecule has 0 saturated carbocycles. The van der Waals surface area contributed by atoms with E-state index in [0.29, 0.717) is 5.92 Å². The van der Waals surface area contributed by atoms with Gasteiger partial charge in [0.05, 0.1) is 0 Å². The maximum atomic E-state index is 2.33. The van der Waals surface area contributed by atoms with Gasteiger partial charge in [0.15, 0.2) is 0 Å². The zero-order valence-corrected chi connectivity index (χ0v) is 11.5. The summed E-state index contributed by atoms with van der Waals surface area (Å²) < 4.78 is 0. The molecule has 0 aliphatic heterocycles. The first-order valence-electron chi connectivity index (χ1n) is 6.63. The molecule has 0 fully saturated rings. The van der Waals surface area contributed by atoms with Gasteiger partial charge < -0.3 is 0 Å². The first-order chi connectivity index (χ1) is 7.54. The Morgan fingerprint density at radius 1 is 0.938 bits per heavy atom. The van der Waals surface area contributed by atoms with Crippen LogP contribution in [0, 0.1) is 11.8 Å². The van der Waals surface area contributed by atoms with E-state index in [1.165, 1.54) is 17.5 Å². The smallest absolute Gasteiger partial charge is 0.0136 e.